The minimum absolute atomic E-state index is 0.331. The Morgan fingerprint density at radius 1 is 1.62 bits per heavy atom. The second-order valence-corrected chi connectivity index (χ2v) is 2.31. The van der Waals surface area contributed by atoms with Gasteiger partial charge in [-0.1, -0.05) is 0 Å². The summed E-state index contributed by atoms with van der Waals surface area (Å²) in [6, 6.07) is 0.611. The number of aliphatic hydroxyl groups excluding tert-OH is 1. The van der Waals surface area contributed by atoms with E-state index in [9.17, 15) is 0 Å². The van der Waals surface area contributed by atoms with Gasteiger partial charge in [-0.05, 0) is 25.8 Å². The predicted octanol–water partition coefficient (Wildman–Crippen LogP) is 0.121. The monoisotopic (exact) mass is 115 g/mol. The third-order valence-electron chi connectivity index (χ3n) is 1.64. The summed E-state index contributed by atoms with van der Waals surface area (Å²) in [6.07, 6.45) is 3.46. The van der Waals surface area contributed by atoms with E-state index in [-0.39, 0.29) is 0 Å². The second-order valence-electron chi connectivity index (χ2n) is 2.31. The van der Waals surface area contributed by atoms with Gasteiger partial charge in [-0.2, -0.15) is 0 Å². The van der Waals surface area contributed by atoms with Crippen molar-refractivity contribution in [1.82, 2.24) is 5.32 Å². The summed E-state index contributed by atoms with van der Waals surface area (Å²) in [6.45, 7) is 1.47. The summed E-state index contributed by atoms with van der Waals surface area (Å²) in [5.41, 5.74) is 0. The van der Waals surface area contributed by atoms with Crippen molar-refractivity contribution in [1.29, 1.82) is 0 Å². The molecule has 1 unspecified atom stereocenters. The molecule has 1 aliphatic rings. The second kappa shape index (κ2) is 3.05. The third-order valence-corrected chi connectivity index (χ3v) is 1.64. The average molecular weight is 115 g/mol. The van der Waals surface area contributed by atoms with Crippen molar-refractivity contribution in [3.05, 3.63) is 0 Å². The summed E-state index contributed by atoms with van der Waals surface area (Å²) >= 11 is 0. The van der Waals surface area contributed by atoms with Gasteiger partial charge in [0.2, 0.25) is 0 Å². The highest BCUT2D eigenvalue weighted by atomic mass is 16.3. The summed E-state index contributed by atoms with van der Waals surface area (Å²) in [7, 11) is 0. The van der Waals surface area contributed by atoms with Gasteiger partial charge in [-0.15, -0.1) is 0 Å². The van der Waals surface area contributed by atoms with E-state index in [1.54, 1.807) is 0 Å². The molecule has 0 radical (unpaired) electrons. The molecule has 0 aromatic heterocycles. The van der Waals surface area contributed by atoms with Gasteiger partial charge in [0.05, 0.1) is 0 Å². The normalized spacial score (nSPS) is 28.9. The molecule has 8 heavy (non-hydrogen) atoms. The molecule has 0 aromatic carbocycles. The van der Waals surface area contributed by atoms with Crippen LogP contribution in [-0.4, -0.2) is 24.3 Å². The maximum Gasteiger partial charge on any atom is 0.0445 e. The van der Waals surface area contributed by atoms with E-state index in [1.165, 1.54) is 12.8 Å². The Hall–Kier alpha value is -0.0800. The van der Waals surface area contributed by atoms with E-state index in [4.69, 9.17) is 5.11 Å². The van der Waals surface area contributed by atoms with E-state index in [0.717, 1.165) is 13.0 Å². The van der Waals surface area contributed by atoms with Crippen LogP contribution < -0.4 is 5.32 Å². The summed E-state index contributed by atoms with van der Waals surface area (Å²) in [4.78, 5) is 0. The molecule has 1 heterocycles. The first-order valence-electron chi connectivity index (χ1n) is 3.27. The molecule has 1 rings (SSSR count). The fourth-order valence-electron chi connectivity index (χ4n) is 1.16. The highest BCUT2D eigenvalue weighted by molar-refractivity contribution is 4.72. The van der Waals surface area contributed by atoms with Gasteiger partial charge in [0.1, 0.15) is 0 Å². The Morgan fingerprint density at radius 3 is 3.00 bits per heavy atom. The zero-order valence-corrected chi connectivity index (χ0v) is 5.06. The first-order chi connectivity index (χ1) is 3.93. The minimum Gasteiger partial charge on any atom is -0.396 e. The van der Waals surface area contributed by atoms with E-state index in [1.807, 2.05) is 0 Å². The van der Waals surface area contributed by atoms with Crippen molar-refractivity contribution in [3.63, 3.8) is 0 Å². The Kier molecular flexibility index (Phi) is 2.30. The van der Waals surface area contributed by atoms with Gasteiger partial charge >= 0.3 is 0 Å². The molecule has 2 N–H and O–H groups in total. The van der Waals surface area contributed by atoms with Crippen LogP contribution in [-0.2, 0) is 0 Å². The fourth-order valence-corrected chi connectivity index (χ4v) is 1.16. The molecule has 0 saturated carbocycles. The zero-order chi connectivity index (χ0) is 5.82. The van der Waals surface area contributed by atoms with Crippen LogP contribution in [0.1, 0.15) is 19.3 Å². The average Bonchev–Trinajstić information content (AvgIpc) is 2.19. The lowest BCUT2D eigenvalue weighted by Gasteiger charge is -2.04. The van der Waals surface area contributed by atoms with Crippen molar-refractivity contribution in [2.75, 3.05) is 13.2 Å². The Morgan fingerprint density at radius 2 is 2.50 bits per heavy atom. The van der Waals surface area contributed by atoms with Crippen LogP contribution in [0.3, 0.4) is 0 Å². The fraction of sp³-hybridized carbons (Fsp3) is 1.00. The van der Waals surface area contributed by atoms with Crippen LogP contribution in [0.15, 0.2) is 0 Å². The molecule has 1 saturated heterocycles. The SMILES string of the molecule is OCCC1CCCN1. The summed E-state index contributed by atoms with van der Waals surface area (Å²) in [5.74, 6) is 0. The molecule has 0 amide bonds. The highest BCUT2D eigenvalue weighted by Gasteiger charge is 2.11. The van der Waals surface area contributed by atoms with Crippen LogP contribution in [0.5, 0.6) is 0 Å². The predicted molar refractivity (Wildman–Crippen MR) is 32.7 cm³/mol. The maximum atomic E-state index is 8.49. The van der Waals surface area contributed by atoms with Gasteiger partial charge < -0.3 is 10.4 Å². The number of aliphatic hydroxyl groups is 1. The lowest BCUT2D eigenvalue weighted by Crippen LogP contribution is -2.21. The van der Waals surface area contributed by atoms with E-state index in [0.29, 0.717) is 12.6 Å². The van der Waals surface area contributed by atoms with E-state index < -0.39 is 0 Å². The van der Waals surface area contributed by atoms with Crippen molar-refractivity contribution in [2.24, 2.45) is 0 Å². The lowest BCUT2D eigenvalue weighted by atomic mass is 10.2. The molecule has 1 aliphatic heterocycles. The first-order valence-corrected chi connectivity index (χ1v) is 3.27. The molecule has 0 aliphatic carbocycles. The molecule has 2 nitrogen and oxygen atoms in total. The van der Waals surface area contributed by atoms with E-state index in [2.05, 4.69) is 5.32 Å². The summed E-state index contributed by atoms with van der Waals surface area (Å²) < 4.78 is 0. The number of hydrogen-bond donors (Lipinski definition) is 2. The Labute approximate surface area is 49.9 Å². The largest absolute Gasteiger partial charge is 0.396 e. The number of nitrogens with one attached hydrogen (secondary N) is 1. The van der Waals surface area contributed by atoms with Crippen LogP contribution >= 0.6 is 0 Å². The van der Waals surface area contributed by atoms with Gasteiger partial charge in [0.25, 0.3) is 0 Å². The Balaban J connectivity index is 2.06. The maximum absolute atomic E-state index is 8.49. The van der Waals surface area contributed by atoms with Crippen molar-refractivity contribution in [3.8, 4) is 0 Å². The van der Waals surface area contributed by atoms with Gasteiger partial charge in [-0.3, -0.25) is 0 Å². The van der Waals surface area contributed by atoms with E-state index >= 15 is 0 Å². The highest BCUT2D eigenvalue weighted by Crippen LogP contribution is 2.06. The Bertz CT molecular complexity index is 59.5. The zero-order valence-electron chi connectivity index (χ0n) is 5.06. The van der Waals surface area contributed by atoms with Gasteiger partial charge in [0, 0.05) is 12.6 Å². The van der Waals surface area contributed by atoms with Gasteiger partial charge in [0.15, 0.2) is 0 Å². The third kappa shape index (κ3) is 1.46. The molecule has 1 fully saturated rings. The number of rotatable bonds is 2. The molecular weight excluding hydrogens is 102 g/mol. The van der Waals surface area contributed by atoms with Crippen molar-refractivity contribution >= 4 is 0 Å². The minimum atomic E-state index is 0.331. The van der Waals surface area contributed by atoms with Crippen LogP contribution in [0.25, 0.3) is 0 Å². The summed E-state index contributed by atoms with van der Waals surface area (Å²) in [5, 5.41) is 11.8. The molecular formula is C6H13NO. The molecule has 0 spiro atoms. The van der Waals surface area contributed by atoms with Crippen LogP contribution in [0, 0.1) is 0 Å². The molecule has 48 valence electrons. The first kappa shape index (κ1) is 6.05. The van der Waals surface area contributed by atoms with Crippen molar-refractivity contribution in [2.45, 2.75) is 25.3 Å². The van der Waals surface area contributed by atoms with Crippen LogP contribution in [0.4, 0.5) is 0 Å². The standard InChI is InChI=1S/C6H13NO/c8-5-3-6-2-1-4-7-6/h6-8H,1-5H2. The molecule has 0 bridgehead atoms. The molecule has 2 heteroatoms. The van der Waals surface area contributed by atoms with Crippen molar-refractivity contribution < 1.29 is 5.11 Å². The molecule has 1 atom stereocenters. The quantitative estimate of drug-likeness (QED) is 0.536. The van der Waals surface area contributed by atoms with Crippen LogP contribution in [0.2, 0.25) is 0 Å². The molecule has 0 aromatic rings. The number of hydrogen-bond acceptors (Lipinski definition) is 2. The lowest BCUT2D eigenvalue weighted by molar-refractivity contribution is 0.271. The van der Waals surface area contributed by atoms with Gasteiger partial charge in [-0.25, -0.2) is 0 Å². The smallest absolute Gasteiger partial charge is 0.0445 e. The topological polar surface area (TPSA) is 32.3 Å².